The number of benzene rings is 2. The van der Waals surface area contributed by atoms with E-state index in [0.717, 1.165) is 62.4 Å². The maximum atomic E-state index is 12.5. The van der Waals surface area contributed by atoms with Crippen molar-refractivity contribution in [2.75, 3.05) is 44.1 Å². The lowest BCUT2D eigenvalue weighted by Gasteiger charge is -2.39. The first-order valence-electron chi connectivity index (χ1n) is 11.2. The van der Waals surface area contributed by atoms with E-state index in [-0.39, 0.29) is 17.9 Å². The van der Waals surface area contributed by atoms with Crippen molar-refractivity contribution < 1.29 is 19.1 Å². The summed E-state index contributed by atoms with van der Waals surface area (Å²) in [6.07, 6.45) is 4.02. The van der Waals surface area contributed by atoms with Crippen LogP contribution in [0.1, 0.15) is 36.0 Å². The third-order valence-electron chi connectivity index (χ3n) is 6.54. The Morgan fingerprint density at radius 3 is 2.22 bits per heavy atom. The first-order valence-corrected chi connectivity index (χ1v) is 11.2. The molecule has 0 bridgehead atoms. The highest BCUT2D eigenvalue weighted by atomic mass is 16.5. The highest BCUT2D eigenvalue weighted by molar-refractivity contribution is 6.04. The number of carbonyl (C=O) groups is 2. The molecule has 1 atom stereocenters. The predicted octanol–water partition coefficient (Wildman–Crippen LogP) is 3.55. The third kappa shape index (κ3) is 4.88. The average molecular weight is 438 g/mol. The topological polar surface area (TPSA) is 71.1 Å². The Morgan fingerprint density at radius 1 is 0.906 bits per heavy atom. The summed E-state index contributed by atoms with van der Waals surface area (Å²) < 4.78 is 10.1. The molecular formula is C25H31N3O4. The molecule has 2 aliphatic rings. The van der Waals surface area contributed by atoms with Gasteiger partial charge in [0.1, 0.15) is 11.8 Å². The number of esters is 1. The molecule has 2 aromatic carbocycles. The number of ether oxygens (including phenoxy) is 2. The van der Waals surface area contributed by atoms with Crippen LogP contribution in [0.5, 0.6) is 5.75 Å². The van der Waals surface area contributed by atoms with Crippen LogP contribution in [0.25, 0.3) is 0 Å². The van der Waals surface area contributed by atoms with Gasteiger partial charge < -0.3 is 19.7 Å². The maximum Gasteiger partial charge on any atom is 0.323 e. The molecule has 0 aromatic heterocycles. The van der Waals surface area contributed by atoms with E-state index in [4.69, 9.17) is 9.47 Å². The SMILES string of the molecule is COC(=O)[C@@H]1CCCN1C1CCN(c2ccc(NC(=O)c3ccc(OC)cc3)cc2)CC1. The molecule has 1 amide bonds. The zero-order chi connectivity index (χ0) is 22.5. The molecule has 2 saturated heterocycles. The second kappa shape index (κ2) is 10.0. The van der Waals surface area contributed by atoms with Gasteiger partial charge in [0.05, 0.1) is 14.2 Å². The van der Waals surface area contributed by atoms with Crippen LogP contribution in [0.2, 0.25) is 0 Å². The summed E-state index contributed by atoms with van der Waals surface area (Å²) in [7, 11) is 3.08. The van der Waals surface area contributed by atoms with Crippen LogP contribution >= 0.6 is 0 Å². The second-order valence-electron chi connectivity index (χ2n) is 8.37. The van der Waals surface area contributed by atoms with Crippen LogP contribution < -0.4 is 15.0 Å². The molecular weight excluding hydrogens is 406 g/mol. The fourth-order valence-electron chi connectivity index (χ4n) is 4.77. The van der Waals surface area contributed by atoms with Crippen molar-refractivity contribution in [1.29, 1.82) is 0 Å². The number of methoxy groups -OCH3 is 2. The van der Waals surface area contributed by atoms with Gasteiger partial charge in [0.2, 0.25) is 0 Å². The first-order chi connectivity index (χ1) is 15.6. The number of amides is 1. The van der Waals surface area contributed by atoms with Crippen molar-refractivity contribution in [1.82, 2.24) is 4.90 Å². The van der Waals surface area contributed by atoms with Crippen LogP contribution in [-0.4, -0.2) is 62.7 Å². The summed E-state index contributed by atoms with van der Waals surface area (Å²) >= 11 is 0. The summed E-state index contributed by atoms with van der Waals surface area (Å²) in [6.45, 7) is 2.88. The number of carbonyl (C=O) groups excluding carboxylic acids is 2. The molecule has 2 heterocycles. The minimum Gasteiger partial charge on any atom is -0.497 e. The van der Waals surface area contributed by atoms with Gasteiger partial charge in [-0.05, 0) is 80.8 Å². The van der Waals surface area contributed by atoms with E-state index in [0.29, 0.717) is 11.6 Å². The van der Waals surface area contributed by atoms with Gasteiger partial charge in [-0.1, -0.05) is 0 Å². The van der Waals surface area contributed by atoms with E-state index in [1.165, 1.54) is 7.11 Å². The van der Waals surface area contributed by atoms with E-state index >= 15 is 0 Å². The summed E-state index contributed by atoms with van der Waals surface area (Å²) in [4.78, 5) is 29.2. The Kier molecular flexibility index (Phi) is 6.95. The Balaban J connectivity index is 1.31. The third-order valence-corrected chi connectivity index (χ3v) is 6.54. The number of nitrogens with one attached hydrogen (secondary N) is 1. The Hall–Kier alpha value is -3.06. The largest absolute Gasteiger partial charge is 0.497 e. The van der Waals surface area contributed by atoms with Gasteiger partial charge in [-0.3, -0.25) is 14.5 Å². The molecule has 0 unspecified atom stereocenters. The van der Waals surface area contributed by atoms with Crippen molar-refractivity contribution in [3.05, 3.63) is 54.1 Å². The van der Waals surface area contributed by atoms with Gasteiger partial charge in [0.25, 0.3) is 5.91 Å². The fourth-order valence-corrected chi connectivity index (χ4v) is 4.77. The fraction of sp³-hybridized carbons (Fsp3) is 0.440. The van der Waals surface area contributed by atoms with Gasteiger partial charge in [0, 0.05) is 36.1 Å². The van der Waals surface area contributed by atoms with Gasteiger partial charge in [0.15, 0.2) is 0 Å². The van der Waals surface area contributed by atoms with E-state index in [2.05, 4.69) is 27.2 Å². The lowest BCUT2D eigenvalue weighted by molar-refractivity contribution is -0.146. The Labute approximate surface area is 189 Å². The molecule has 170 valence electrons. The van der Waals surface area contributed by atoms with Gasteiger partial charge in [-0.15, -0.1) is 0 Å². The molecule has 0 saturated carbocycles. The summed E-state index contributed by atoms with van der Waals surface area (Å²) in [5, 5.41) is 2.94. The summed E-state index contributed by atoms with van der Waals surface area (Å²) in [6, 6.07) is 15.4. The standard InChI is InChI=1S/C25H31N3O4/c1-31-22-11-5-18(6-12-22)24(29)26-19-7-9-20(10-8-19)27-16-13-21(14-17-27)28-15-3-4-23(28)25(30)32-2/h5-12,21,23H,3-4,13-17H2,1-2H3,(H,26,29)/t23-/m0/s1. The average Bonchev–Trinajstić information content (AvgIpc) is 3.34. The van der Waals surface area contributed by atoms with Crippen LogP contribution in [0, 0.1) is 0 Å². The van der Waals surface area contributed by atoms with Crippen molar-refractivity contribution in [2.24, 2.45) is 0 Å². The van der Waals surface area contributed by atoms with E-state index in [1.807, 2.05) is 12.1 Å². The normalized spacial score (nSPS) is 19.6. The Morgan fingerprint density at radius 2 is 1.59 bits per heavy atom. The van der Waals surface area contributed by atoms with Crippen molar-refractivity contribution in [3.63, 3.8) is 0 Å². The van der Waals surface area contributed by atoms with Crippen molar-refractivity contribution in [2.45, 2.75) is 37.8 Å². The smallest absolute Gasteiger partial charge is 0.323 e. The minimum atomic E-state index is -0.146. The lowest BCUT2D eigenvalue weighted by atomic mass is 10.0. The first kappa shape index (κ1) is 22.1. The van der Waals surface area contributed by atoms with Crippen LogP contribution in [0.3, 0.4) is 0 Å². The Bertz CT molecular complexity index is 921. The zero-order valence-corrected chi connectivity index (χ0v) is 18.8. The summed E-state index contributed by atoms with van der Waals surface area (Å²) in [5.41, 5.74) is 2.50. The van der Waals surface area contributed by atoms with Gasteiger partial charge in [-0.2, -0.15) is 0 Å². The highest BCUT2D eigenvalue weighted by Gasteiger charge is 2.37. The highest BCUT2D eigenvalue weighted by Crippen LogP contribution is 2.29. The number of rotatable bonds is 6. The maximum absolute atomic E-state index is 12.5. The molecule has 2 fully saturated rings. The van der Waals surface area contributed by atoms with Crippen molar-refractivity contribution in [3.8, 4) is 5.75 Å². The van der Waals surface area contributed by atoms with E-state index < -0.39 is 0 Å². The van der Waals surface area contributed by atoms with E-state index in [1.54, 1.807) is 31.4 Å². The lowest BCUT2D eigenvalue weighted by Crippen LogP contribution is -2.49. The predicted molar refractivity (Wildman–Crippen MR) is 124 cm³/mol. The number of nitrogens with zero attached hydrogens (tertiary/aromatic N) is 2. The monoisotopic (exact) mass is 437 g/mol. The van der Waals surface area contributed by atoms with Crippen LogP contribution in [0.15, 0.2) is 48.5 Å². The molecule has 0 radical (unpaired) electrons. The number of hydrogen-bond donors (Lipinski definition) is 1. The molecule has 0 aliphatic carbocycles. The summed E-state index contributed by atoms with van der Waals surface area (Å²) in [5.74, 6) is 0.476. The van der Waals surface area contributed by atoms with Crippen LogP contribution in [0.4, 0.5) is 11.4 Å². The number of anilines is 2. The quantitative estimate of drug-likeness (QED) is 0.697. The van der Waals surface area contributed by atoms with E-state index in [9.17, 15) is 9.59 Å². The minimum absolute atomic E-state index is 0.0786. The van der Waals surface area contributed by atoms with Crippen molar-refractivity contribution >= 4 is 23.3 Å². The zero-order valence-electron chi connectivity index (χ0n) is 18.8. The second-order valence-corrected chi connectivity index (χ2v) is 8.37. The molecule has 1 N–H and O–H groups in total. The molecule has 7 heteroatoms. The number of hydrogen-bond acceptors (Lipinski definition) is 6. The van der Waals surface area contributed by atoms with Gasteiger partial charge >= 0.3 is 5.97 Å². The van der Waals surface area contributed by atoms with Gasteiger partial charge in [-0.25, -0.2) is 0 Å². The molecule has 0 spiro atoms. The molecule has 2 aromatic rings. The van der Waals surface area contributed by atoms with Crippen LogP contribution in [-0.2, 0) is 9.53 Å². The molecule has 2 aliphatic heterocycles. The molecule has 4 rings (SSSR count). The number of likely N-dealkylation sites (tertiary alicyclic amines) is 1. The number of piperidine rings is 1. The molecule has 32 heavy (non-hydrogen) atoms. The molecule has 7 nitrogen and oxygen atoms in total.